The predicted octanol–water partition coefficient (Wildman–Crippen LogP) is 2.87. The summed E-state index contributed by atoms with van der Waals surface area (Å²) < 4.78 is 21.1. The molecule has 0 N–H and O–H groups in total. The number of aromatic nitrogens is 3. The molecule has 1 atom stereocenters. The Morgan fingerprint density at radius 3 is 2.85 bits per heavy atom. The van der Waals surface area contributed by atoms with Gasteiger partial charge in [-0.2, -0.15) is 0 Å². The Morgan fingerprint density at radius 2 is 2.12 bits per heavy atom. The fourth-order valence-corrected chi connectivity index (χ4v) is 3.45. The number of carbonyl (C=O) groups excluding carboxylic acids is 1. The topological polar surface area (TPSA) is 60.2 Å². The highest BCUT2D eigenvalue weighted by atomic mass is 19.1. The smallest absolute Gasteiger partial charge is 0.254 e. The maximum Gasteiger partial charge on any atom is 0.254 e. The van der Waals surface area contributed by atoms with Gasteiger partial charge >= 0.3 is 0 Å². The second kappa shape index (κ2) is 6.79. The number of amides is 1. The molecule has 1 aliphatic carbocycles. The monoisotopic (exact) mass is 358 g/mol. The first-order valence-corrected chi connectivity index (χ1v) is 9.11. The van der Waals surface area contributed by atoms with Crippen LogP contribution in [0.15, 0.2) is 18.2 Å². The molecule has 1 fully saturated rings. The van der Waals surface area contributed by atoms with Crippen LogP contribution in [-0.4, -0.2) is 38.7 Å². The Morgan fingerprint density at radius 1 is 1.31 bits per heavy atom. The molecule has 1 aromatic heterocycles. The highest BCUT2D eigenvalue weighted by molar-refractivity contribution is 5.95. The minimum absolute atomic E-state index is 0.101. The third-order valence-corrected chi connectivity index (χ3v) is 5.22. The summed E-state index contributed by atoms with van der Waals surface area (Å²) >= 11 is 0. The van der Waals surface area contributed by atoms with Gasteiger partial charge in [0.25, 0.3) is 5.91 Å². The predicted molar refractivity (Wildman–Crippen MR) is 93.0 cm³/mol. The van der Waals surface area contributed by atoms with E-state index in [9.17, 15) is 9.18 Å². The average molecular weight is 358 g/mol. The van der Waals surface area contributed by atoms with Crippen molar-refractivity contribution in [2.45, 2.75) is 45.9 Å². The number of nitrogens with zero attached hydrogens (tertiary/aromatic N) is 4. The van der Waals surface area contributed by atoms with Crippen LogP contribution in [-0.2, 0) is 17.9 Å². The van der Waals surface area contributed by atoms with Gasteiger partial charge in [-0.1, -0.05) is 0 Å². The second-order valence-electron chi connectivity index (χ2n) is 7.22. The summed E-state index contributed by atoms with van der Waals surface area (Å²) in [6, 6.07) is 4.08. The summed E-state index contributed by atoms with van der Waals surface area (Å²) in [5.74, 6) is 1.87. The molecule has 0 spiro atoms. The Balaban J connectivity index is 1.49. The van der Waals surface area contributed by atoms with Gasteiger partial charge in [0, 0.05) is 25.3 Å². The Hall–Kier alpha value is -2.28. The highest BCUT2D eigenvalue weighted by Gasteiger charge is 2.32. The van der Waals surface area contributed by atoms with Gasteiger partial charge in [0.1, 0.15) is 12.4 Å². The number of fused-ring (bicyclic) bond motifs is 1. The van der Waals surface area contributed by atoms with Crippen LogP contribution >= 0.6 is 0 Å². The molecule has 0 unspecified atom stereocenters. The molecule has 6 nitrogen and oxygen atoms in total. The van der Waals surface area contributed by atoms with Crippen molar-refractivity contribution in [3.8, 4) is 0 Å². The summed E-state index contributed by atoms with van der Waals surface area (Å²) in [4.78, 5) is 14.7. The van der Waals surface area contributed by atoms with E-state index in [4.69, 9.17) is 4.74 Å². The van der Waals surface area contributed by atoms with Crippen LogP contribution in [0, 0.1) is 18.7 Å². The highest BCUT2D eigenvalue weighted by Crippen LogP contribution is 2.30. The summed E-state index contributed by atoms with van der Waals surface area (Å²) in [6.45, 7) is 6.15. The van der Waals surface area contributed by atoms with Crippen molar-refractivity contribution in [2.75, 3.05) is 13.2 Å². The maximum atomic E-state index is 13.3. The van der Waals surface area contributed by atoms with Gasteiger partial charge in [0.2, 0.25) is 0 Å². The zero-order valence-electron chi connectivity index (χ0n) is 15.1. The number of aryl methyl sites for hydroxylation is 1. The van der Waals surface area contributed by atoms with E-state index < -0.39 is 0 Å². The number of hydrogen-bond donors (Lipinski definition) is 0. The molecule has 26 heavy (non-hydrogen) atoms. The van der Waals surface area contributed by atoms with Gasteiger partial charge in [-0.25, -0.2) is 4.39 Å². The molecule has 0 radical (unpaired) electrons. The lowest BCUT2D eigenvalue weighted by molar-refractivity contribution is 0.0625. The van der Waals surface area contributed by atoms with E-state index >= 15 is 0 Å². The summed E-state index contributed by atoms with van der Waals surface area (Å²) in [7, 11) is 0. The quantitative estimate of drug-likeness (QED) is 0.825. The molecule has 138 valence electrons. The molecule has 7 heteroatoms. The zero-order valence-corrected chi connectivity index (χ0v) is 15.1. The van der Waals surface area contributed by atoms with E-state index in [2.05, 4.69) is 14.8 Å². The molecule has 1 aromatic carbocycles. The van der Waals surface area contributed by atoms with Crippen molar-refractivity contribution in [2.24, 2.45) is 5.92 Å². The molecule has 2 heterocycles. The summed E-state index contributed by atoms with van der Waals surface area (Å²) in [6.07, 6.45) is 2.52. The number of halogens is 1. The number of ether oxygens (including phenoxy) is 1. The van der Waals surface area contributed by atoms with Crippen LogP contribution in [0.2, 0.25) is 0 Å². The number of benzene rings is 1. The van der Waals surface area contributed by atoms with Gasteiger partial charge in [-0.05, 0) is 56.4 Å². The van der Waals surface area contributed by atoms with Crippen molar-refractivity contribution in [1.82, 2.24) is 19.7 Å². The van der Waals surface area contributed by atoms with Crippen LogP contribution in [0.4, 0.5) is 4.39 Å². The van der Waals surface area contributed by atoms with E-state index in [0.717, 1.165) is 18.3 Å². The van der Waals surface area contributed by atoms with E-state index in [1.807, 2.05) is 6.92 Å². The molecule has 0 bridgehead atoms. The van der Waals surface area contributed by atoms with E-state index in [-0.39, 0.29) is 17.8 Å². The number of rotatable bonds is 5. The lowest BCUT2D eigenvalue weighted by Crippen LogP contribution is -2.41. The third kappa shape index (κ3) is 3.23. The van der Waals surface area contributed by atoms with Gasteiger partial charge in [0.15, 0.2) is 11.6 Å². The van der Waals surface area contributed by atoms with E-state index in [0.29, 0.717) is 36.7 Å². The Bertz CT molecular complexity index is 831. The lowest BCUT2D eigenvalue weighted by Gasteiger charge is -2.34. The van der Waals surface area contributed by atoms with Crippen molar-refractivity contribution in [1.29, 1.82) is 0 Å². The van der Waals surface area contributed by atoms with Crippen LogP contribution in [0.25, 0.3) is 0 Å². The van der Waals surface area contributed by atoms with E-state index in [1.54, 1.807) is 17.9 Å². The average Bonchev–Trinajstić information content (AvgIpc) is 3.34. The van der Waals surface area contributed by atoms with E-state index in [1.165, 1.54) is 25.0 Å². The number of carbonyl (C=O) groups is 1. The van der Waals surface area contributed by atoms with Crippen molar-refractivity contribution < 1.29 is 13.9 Å². The van der Waals surface area contributed by atoms with Crippen LogP contribution in [0.3, 0.4) is 0 Å². The van der Waals surface area contributed by atoms with Gasteiger partial charge in [-0.15, -0.1) is 10.2 Å². The molecule has 0 saturated heterocycles. The zero-order chi connectivity index (χ0) is 18.3. The first kappa shape index (κ1) is 17.1. The molecule has 1 saturated carbocycles. The third-order valence-electron chi connectivity index (χ3n) is 5.22. The largest absolute Gasteiger partial charge is 0.373 e. The summed E-state index contributed by atoms with van der Waals surface area (Å²) in [5.41, 5.74) is 1.17. The molecular weight excluding hydrogens is 335 g/mol. The van der Waals surface area contributed by atoms with Crippen molar-refractivity contribution in [3.05, 3.63) is 46.8 Å². The van der Waals surface area contributed by atoms with Gasteiger partial charge in [-0.3, -0.25) is 4.79 Å². The van der Waals surface area contributed by atoms with Crippen LogP contribution in [0.1, 0.15) is 53.4 Å². The Kier molecular flexibility index (Phi) is 4.48. The van der Waals surface area contributed by atoms with Crippen LogP contribution in [0.5, 0.6) is 0 Å². The fraction of sp³-hybridized carbons (Fsp3) is 0.526. The van der Waals surface area contributed by atoms with Gasteiger partial charge < -0.3 is 14.2 Å². The first-order chi connectivity index (χ1) is 12.5. The fourth-order valence-electron chi connectivity index (χ4n) is 3.45. The Labute approximate surface area is 152 Å². The minimum Gasteiger partial charge on any atom is -0.373 e. The second-order valence-corrected chi connectivity index (χ2v) is 7.22. The van der Waals surface area contributed by atoms with Crippen LogP contribution < -0.4 is 0 Å². The minimum atomic E-state index is -0.332. The molecule has 1 aliphatic heterocycles. The van der Waals surface area contributed by atoms with Crippen molar-refractivity contribution >= 4 is 5.91 Å². The maximum absolute atomic E-state index is 13.3. The SMILES string of the molecule is Cc1cc(F)ccc1C(=O)N1CCn2c(COCC3CC3)nnc2[C@H]1C. The number of hydrogen-bond acceptors (Lipinski definition) is 4. The molecule has 1 amide bonds. The molecule has 2 aromatic rings. The molecule has 4 rings (SSSR count). The van der Waals surface area contributed by atoms with Crippen molar-refractivity contribution in [3.63, 3.8) is 0 Å². The normalized spacial score (nSPS) is 19.5. The lowest BCUT2D eigenvalue weighted by atomic mass is 10.1. The molecular formula is C19H23FN4O2. The standard InChI is InChI=1S/C19H23FN4O2/c1-12-9-15(20)5-6-16(12)19(25)23-7-8-24-17(11-26-10-14-3-4-14)21-22-18(24)13(23)2/h5-6,9,13-14H,3-4,7-8,10-11H2,1-2H3/t13-/m1/s1. The first-order valence-electron chi connectivity index (χ1n) is 9.11. The molecule has 2 aliphatic rings. The summed E-state index contributed by atoms with van der Waals surface area (Å²) in [5, 5.41) is 8.55. The van der Waals surface area contributed by atoms with Gasteiger partial charge in [0.05, 0.1) is 6.04 Å².